The predicted octanol–water partition coefficient (Wildman–Crippen LogP) is 0.699. The Labute approximate surface area is 81.9 Å². The van der Waals surface area contributed by atoms with Crippen LogP contribution >= 0.6 is 12.4 Å². The van der Waals surface area contributed by atoms with Crippen molar-refractivity contribution in [2.75, 3.05) is 27.6 Å². The molecule has 0 N–H and O–H groups in total. The normalized spacial score (nSPS) is 20.2. The second-order valence-electron chi connectivity index (χ2n) is 1.54. The van der Waals surface area contributed by atoms with Gasteiger partial charge in [0.15, 0.2) is 0 Å². The lowest BCUT2D eigenvalue weighted by molar-refractivity contribution is -0.134. The third-order valence-electron chi connectivity index (χ3n) is 0.743. The zero-order valence-electron chi connectivity index (χ0n) is 12.0. The number of hydrogen-bond acceptors (Lipinski definition) is 3. The molecule has 0 spiro atoms. The first-order chi connectivity index (χ1) is 7.09. The lowest BCUT2D eigenvalue weighted by Crippen LogP contribution is -2.11. The average molecular weight is 186 g/mol. The van der Waals surface area contributed by atoms with Crippen LogP contribution < -0.4 is 0 Å². The van der Waals surface area contributed by atoms with Crippen molar-refractivity contribution >= 4 is 18.4 Å². The van der Waals surface area contributed by atoms with E-state index in [-0.39, 0.29) is 19.0 Å². The molecule has 0 atom stereocenters. The van der Waals surface area contributed by atoms with Gasteiger partial charge >= 0.3 is 5.97 Å². The van der Waals surface area contributed by atoms with Crippen molar-refractivity contribution in [3.05, 3.63) is 12.2 Å². The lowest BCUT2D eigenvalue weighted by Gasteiger charge is -2.02. The van der Waals surface area contributed by atoms with Gasteiger partial charge in [-0.1, -0.05) is 6.08 Å². The van der Waals surface area contributed by atoms with Crippen molar-refractivity contribution in [3.63, 3.8) is 0 Å². The molecule has 0 aliphatic heterocycles. The average Bonchev–Trinajstić information content (AvgIpc) is 2.07. The maximum atomic E-state index is 10.7. The smallest absolute Gasteiger partial charge is 0.330 e. The van der Waals surface area contributed by atoms with Gasteiger partial charge in [-0.25, -0.2) is 4.79 Å². The van der Waals surface area contributed by atoms with Gasteiger partial charge in [-0.3, -0.25) is 0 Å². The molecule has 0 aliphatic carbocycles. The van der Waals surface area contributed by atoms with E-state index in [1.165, 1.54) is 0 Å². The van der Waals surface area contributed by atoms with Gasteiger partial charge in [0.2, 0.25) is 0 Å². The highest BCUT2D eigenvalue weighted by Crippen LogP contribution is 1.79. The van der Waals surface area contributed by atoms with Crippen LogP contribution in [-0.2, 0) is 9.53 Å². The number of halogens is 1. The van der Waals surface area contributed by atoms with Crippen LogP contribution in [0, 0.1) is 0 Å². The van der Waals surface area contributed by atoms with Crippen LogP contribution in [0.4, 0.5) is 0 Å². The van der Waals surface area contributed by atoms with Crippen LogP contribution in [-0.4, -0.2) is 38.5 Å². The number of hydrogen-bond donors (Lipinski definition) is 0. The Morgan fingerprint density at radius 3 is 2.82 bits per heavy atom. The van der Waals surface area contributed by atoms with E-state index in [4.69, 9.17) is 8.22 Å². The number of rotatable bonds is 3. The summed E-state index contributed by atoms with van der Waals surface area (Å²) in [4.78, 5) is 11.0. The maximum Gasteiger partial charge on any atom is 0.330 e. The van der Waals surface area contributed by atoms with Gasteiger partial charge in [0, 0.05) is 20.8 Å². The third kappa shape index (κ3) is 9.46. The molecule has 0 fully saturated rings. The Morgan fingerprint density at radius 1 is 1.73 bits per heavy atom. The largest absolute Gasteiger partial charge is 0.466 e. The summed E-state index contributed by atoms with van der Waals surface area (Å²) in [5.74, 6) is -0.670. The molecule has 0 amide bonds. The molecule has 66 valence electrons. The molecule has 0 aliphatic rings. The lowest BCUT2D eigenvalue weighted by atomic mass is 10.5. The van der Waals surface area contributed by atoms with E-state index in [1.54, 1.807) is 0 Å². The SMILES string of the molecule is Cl.[2H]C([2H])([2H])N(C/C=C/C(=O)OC)C([2H])([2H])[2H]. The van der Waals surface area contributed by atoms with E-state index in [1.807, 2.05) is 0 Å². The van der Waals surface area contributed by atoms with Gasteiger partial charge in [-0.2, -0.15) is 0 Å². The minimum atomic E-state index is -2.74. The van der Waals surface area contributed by atoms with Gasteiger partial charge in [0.1, 0.15) is 0 Å². The highest BCUT2D eigenvalue weighted by Gasteiger charge is 1.89. The number of likely N-dealkylation sites (N-methyl/N-ethyl adjacent to an activating group) is 1. The summed E-state index contributed by atoms with van der Waals surface area (Å²) in [6.45, 7) is -5.88. The third-order valence-corrected chi connectivity index (χ3v) is 0.743. The quantitative estimate of drug-likeness (QED) is 0.479. The van der Waals surface area contributed by atoms with Crippen LogP contribution in [0.2, 0.25) is 0 Å². The van der Waals surface area contributed by atoms with Crippen LogP contribution in [0.1, 0.15) is 8.22 Å². The van der Waals surface area contributed by atoms with Gasteiger partial charge in [-0.05, 0) is 14.0 Å². The fraction of sp³-hybridized carbons (Fsp3) is 0.571. The Morgan fingerprint density at radius 2 is 2.36 bits per heavy atom. The molecule has 11 heavy (non-hydrogen) atoms. The number of esters is 1. The molecule has 0 radical (unpaired) electrons. The first-order valence-corrected chi connectivity index (χ1v) is 2.61. The zero-order chi connectivity index (χ0) is 13.0. The molecule has 0 aromatic carbocycles. The van der Waals surface area contributed by atoms with Crippen molar-refractivity contribution in [2.24, 2.45) is 0 Å². The van der Waals surface area contributed by atoms with E-state index in [2.05, 4.69) is 4.74 Å². The molecule has 0 saturated heterocycles. The molecule has 0 aromatic rings. The van der Waals surface area contributed by atoms with Crippen LogP contribution in [0.15, 0.2) is 12.2 Å². The molecule has 0 aromatic heterocycles. The van der Waals surface area contributed by atoms with Gasteiger partial charge in [0.05, 0.1) is 7.11 Å². The summed E-state index contributed by atoms with van der Waals surface area (Å²) in [5.41, 5.74) is 0. The summed E-state index contributed by atoms with van der Waals surface area (Å²) < 4.78 is 46.4. The van der Waals surface area contributed by atoms with E-state index in [9.17, 15) is 4.79 Å². The summed E-state index contributed by atoms with van der Waals surface area (Å²) in [5, 5.41) is 0. The number of ether oxygens (including phenoxy) is 1. The van der Waals surface area contributed by atoms with Gasteiger partial charge < -0.3 is 9.64 Å². The Balaban J connectivity index is 0. The van der Waals surface area contributed by atoms with E-state index >= 15 is 0 Å². The molecule has 3 nitrogen and oxygen atoms in total. The van der Waals surface area contributed by atoms with Crippen molar-refractivity contribution in [1.82, 2.24) is 4.90 Å². The topological polar surface area (TPSA) is 29.5 Å². The second-order valence-corrected chi connectivity index (χ2v) is 1.54. The predicted molar refractivity (Wildman–Crippen MR) is 47.0 cm³/mol. The Hall–Kier alpha value is -0.540. The fourth-order valence-corrected chi connectivity index (χ4v) is 0.322. The molecule has 0 saturated carbocycles. The first-order valence-electron chi connectivity index (χ1n) is 5.61. The van der Waals surface area contributed by atoms with E-state index in [0.29, 0.717) is 4.90 Å². The molecular formula is C7H14ClNO2. The molecule has 4 heteroatoms. The minimum Gasteiger partial charge on any atom is -0.466 e. The highest BCUT2D eigenvalue weighted by atomic mass is 35.5. The zero-order valence-corrected chi connectivity index (χ0v) is 6.85. The number of methoxy groups -OCH3 is 1. The molecule has 0 unspecified atom stereocenters. The van der Waals surface area contributed by atoms with Gasteiger partial charge in [0.25, 0.3) is 0 Å². The summed E-state index contributed by atoms with van der Waals surface area (Å²) in [6, 6.07) is 0. The standard InChI is InChI=1S/C7H13NO2.ClH/c1-8(2)6-4-5-7(9)10-3;/h4-5H,6H2,1-3H3;1H/b5-4+;/i1D3,2D3;. The molecular weight excluding hydrogens is 166 g/mol. The van der Waals surface area contributed by atoms with Crippen LogP contribution in [0.25, 0.3) is 0 Å². The molecule has 0 heterocycles. The Kier molecular flexibility index (Phi) is 3.08. The van der Waals surface area contributed by atoms with Crippen LogP contribution in [0.3, 0.4) is 0 Å². The number of carbonyl (C=O) groups is 1. The van der Waals surface area contributed by atoms with Crippen molar-refractivity contribution in [2.45, 2.75) is 0 Å². The second kappa shape index (κ2) is 7.57. The summed E-state index contributed by atoms with van der Waals surface area (Å²) in [6.07, 6.45) is 2.11. The summed E-state index contributed by atoms with van der Waals surface area (Å²) >= 11 is 0. The molecule has 0 rings (SSSR count). The Bertz CT molecular complexity index is 261. The number of carbonyl (C=O) groups excluding carboxylic acids is 1. The molecule has 0 bridgehead atoms. The first kappa shape index (κ1) is 4.48. The minimum absolute atomic E-state index is 0. The monoisotopic (exact) mass is 185 g/mol. The highest BCUT2D eigenvalue weighted by molar-refractivity contribution is 5.85. The fourth-order valence-electron chi connectivity index (χ4n) is 0.322. The van der Waals surface area contributed by atoms with E-state index in [0.717, 1.165) is 19.3 Å². The van der Waals surface area contributed by atoms with Gasteiger partial charge in [-0.15, -0.1) is 12.4 Å². The number of nitrogens with zero attached hydrogens (tertiary/aromatic N) is 1. The maximum absolute atomic E-state index is 10.7. The van der Waals surface area contributed by atoms with Crippen LogP contribution in [0.5, 0.6) is 0 Å². The summed E-state index contributed by atoms with van der Waals surface area (Å²) in [7, 11) is 1.16. The van der Waals surface area contributed by atoms with Crippen molar-refractivity contribution in [3.8, 4) is 0 Å². The van der Waals surface area contributed by atoms with Crippen molar-refractivity contribution < 1.29 is 17.8 Å². The van der Waals surface area contributed by atoms with E-state index < -0.39 is 19.9 Å². The van der Waals surface area contributed by atoms with Crippen molar-refractivity contribution in [1.29, 1.82) is 0 Å².